The highest BCUT2D eigenvalue weighted by atomic mass is 16.5. The zero-order chi connectivity index (χ0) is 15.1. The number of nitriles is 1. The average Bonchev–Trinajstić information content (AvgIpc) is 2.50. The fourth-order valence-electron chi connectivity index (χ4n) is 2.02. The van der Waals surface area contributed by atoms with Crippen molar-refractivity contribution in [3.05, 3.63) is 59.7 Å². The highest BCUT2D eigenvalue weighted by Gasteiger charge is 2.08. The van der Waals surface area contributed by atoms with E-state index in [4.69, 9.17) is 10.00 Å². The van der Waals surface area contributed by atoms with Crippen molar-refractivity contribution in [3.8, 4) is 11.8 Å². The minimum atomic E-state index is -0.104. The molecule has 0 aliphatic heterocycles. The van der Waals surface area contributed by atoms with E-state index in [1.54, 1.807) is 19.2 Å². The van der Waals surface area contributed by atoms with Gasteiger partial charge in [-0.1, -0.05) is 30.3 Å². The van der Waals surface area contributed by atoms with Gasteiger partial charge in [0.2, 0.25) is 5.91 Å². The number of methoxy groups -OCH3 is 1. The topological polar surface area (TPSA) is 62.1 Å². The van der Waals surface area contributed by atoms with Crippen LogP contribution in [-0.2, 0) is 17.6 Å². The zero-order valence-corrected chi connectivity index (χ0v) is 11.8. The summed E-state index contributed by atoms with van der Waals surface area (Å²) in [4.78, 5) is 12.0. The van der Waals surface area contributed by atoms with Gasteiger partial charge in [0.25, 0.3) is 0 Å². The van der Waals surface area contributed by atoms with Gasteiger partial charge in [0.05, 0.1) is 26.0 Å². The molecule has 106 valence electrons. The molecule has 0 atom stereocenters. The summed E-state index contributed by atoms with van der Waals surface area (Å²) in [5.74, 6) is 0.601. The summed E-state index contributed by atoms with van der Waals surface area (Å²) in [5.41, 5.74) is 2.50. The van der Waals surface area contributed by atoms with Crippen molar-refractivity contribution >= 4 is 11.6 Å². The number of anilines is 1. The SMILES string of the molecule is COc1ccccc1CC(=O)Nc1ccc(CC#N)cc1. The molecule has 0 unspecified atom stereocenters. The lowest BCUT2D eigenvalue weighted by Crippen LogP contribution is -2.14. The van der Waals surface area contributed by atoms with Crippen LogP contribution < -0.4 is 10.1 Å². The molecule has 1 amide bonds. The molecule has 4 heteroatoms. The third kappa shape index (κ3) is 4.08. The fraction of sp³-hybridized carbons (Fsp3) is 0.176. The lowest BCUT2D eigenvalue weighted by molar-refractivity contribution is -0.115. The largest absolute Gasteiger partial charge is 0.496 e. The van der Waals surface area contributed by atoms with E-state index >= 15 is 0 Å². The van der Waals surface area contributed by atoms with Crippen LogP contribution in [0.2, 0.25) is 0 Å². The number of amides is 1. The Labute approximate surface area is 124 Å². The second-order valence-corrected chi connectivity index (χ2v) is 4.57. The average molecular weight is 280 g/mol. The highest BCUT2D eigenvalue weighted by Crippen LogP contribution is 2.18. The Morgan fingerprint density at radius 1 is 1.19 bits per heavy atom. The quantitative estimate of drug-likeness (QED) is 0.916. The Bertz CT molecular complexity index is 657. The van der Waals surface area contributed by atoms with Crippen molar-refractivity contribution in [1.82, 2.24) is 0 Å². The van der Waals surface area contributed by atoms with Crippen LogP contribution in [0.1, 0.15) is 11.1 Å². The number of para-hydroxylation sites is 1. The summed E-state index contributed by atoms with van der Waals surface area (Å²) in [5, 5.41) is 11.4. The minimum Gasteiger partial charge on any atom is -0.496 e. The predicted molar refractivity (Wildman–Crippen MR) is 81.1 cm³/mol. The molecule has 21 heavy (non-hydrogen) atoms. The number of nitrogens with one attached hydrogen (secondary N) is 1. The Hall–Kier alpha value is -2.80. The molecule has 0 aliphatic rings. The number of carbonyl (C=O) groups excluding carboxylic acids is 1. The number of ether oxygens (including phenoxy) is 1. The van der Waals surface area contributed by atoms with Crippen molar-refractivity contribution in [1.29, 1.82) is 5.26 Å². The molecule has 2 aromatic carbocycles. The van der Waals surface area contributed by atoms with Crippen LogP contribution in [-0.4, -0.2) is 13.0 Å². The van der Waals surface area contributed by atoms with Crippen LogP contribution in [0.25, 0.3) is 0 Å². The van der Waals surface area contributed by atoms with Crippen LogP contribution >= 0.6 is 0 Å². The lowest BCUT2D eigenvalue weighted by atomic mass is 10.1. The van der Waals surface area contributed by atoms with Gasteiger partial charge in [-0.05, 0) is 23.8 Å². The van der Waals surface area contributed by atoms with Gasteiger partial charge in [-0.2, -0.15) is 5.26 Å². The Kier molecular flexibility index (Phi) is 4.94. The first-order chi connectivity index (χ1) is 10.2. The van der Waals surface area contributed by atoms with Crippen LogP contribution in [0.5, 0.6) is 5.75 Å². The van der Waals surface area contributed by atoms with E-state index in [2.05, 4.69) is 11.4 Å². The van der Waals surface area contributed by atoms with Crippen molar-refractivity contribution in [2.24, 2.45) is 0 Å². The maximum absolute atomic E-state index is 12.0. The monoisotopic (exact) mass is 280 g/mol. The standard InChI is InChI=1S/C17H16N2O2/c1-21-16-5-3-2-4-14(16)12-17(20)19-15-8-6-13(7-9-15)10-11-18/h2-9H,10,12H2,1H3,(H,19,20). The van der Waals surface area contributed by atoms with Gasteiger partial charge in [0, 0.05) is 11.3 Å². The van der Waals surface area contributed by atoms with E-state index in [0.29, 0.717) is 12.2 Å². The van der Waals surface area contributed by atoms with Gasteiger partial charge in [-0.3, -0.25) is 4.79 Å². The summed E-state index contributed by atoms with van der Waals surface area (Å²) in [7, 11) is 1.59. The fourth-order valence-corrected chi connectivity index (χ4v) is 2.02. The minimum absolute atomic E-state index is 0.104. The molecule has 1 N–H and O–H groups in total. The maximum Gasteiger partial charge on any atom is 0.228 e. The Morgan fingerprint density at radius 3 is 2.57 bits per heavy atom. The van der Waals surface area contributed by atoms with E-state index < -0.39 is 0 Å². The van der Waals surface area contributed by atoms with Crippen molar-refractivity contribution in [2.45, 2.75) is 12.8 Å². The first-order valence-corrected chi connectivity index (χ1v) is 6.60. The van der Waals surface area contributed by atoms with Gasteiger partial charge < -0.3 is 10.1 Å². The Balaban J connectivity index is 2.00. The number of rotatable bonds is 5. The summed E-state index contributed by atoms with van der Waals surface area (Å²) >= 11 is 0. The molecule has 0 heterocycles. The molecule has 2 rings (SSSR count). The summed E-state index contributed by atoms with van der Waals surface area (Å²) in [6, 6.07) is 16.8. The molecule has 0 fully saturated rings. The summed E-state index contributed by atoms with van der Waals surface area (Å²) in [6.07, 6.45) is 0.624. The number of nitrogens with zero attached hydrogens (tertiary/aromatic N) is 1. The third-order valence-corrected chi connectivity index (χ3v) is 3.06. The van der Waals surface area contributed by atoms with Gasteiger partial charge in [-0.15, -0.1) is 0 Å². The predicted octanol–water partition coefficient (Wildman–Crippen LogP) is 2.94. The molecular weight excluding hydrogens is 264 g/mol. The number of hydrogen-bond donors (Lipinski definition) is 1. The van der Waals surface area contributed by atoms with Crippen LogP contribution in [0.4, 0.5) is 5.69 Å². The molecule has 0 aromatic heterocycles. The second kappa shape index (κ2) is 7.11. The van der Waals surface area contributed by atoms with Gasteiger partial charge in [-0.25, -0.2) is 0 Å². The smallest absolute Gasteiger partial charge is 0.228 e. The van der Waals surface area contributed by atoms with E-state index in [1.807, 2.05) is 36.4 Å². The number of hydrogen-bond acceptors (Lipinski definition) is 3. The van der Waals surface area contributed by atoms with Crippen molar-refractivity contribution in [3.63, 3.8) is 0 Å². The van der Waals surface area contributed by atoms with Gasteiger partial charge in [0.15, 0.2) is 0 Å². The first-order valence-electron chi connectivity index (χ1n) is 6.60. The van der Waals surface area contributed by atoms with Gasteiger partial charge in [0.1, 0.15) is 5.75 Å². The molecule has 2 aromatic rings. The third-order valence-electron chi connectivity index (χ3n) is 3.06. The first kappa shape index (κ1) is 14.6. The molecule has 0 spiro atoms. The Morgan fingerprint density at radius 2 is 1.90 bits per heavy atom. The molecule has 0 saturated carbocycles. The molecule has 0 aliphatic carbocycles. The molecule has 4 nitrogen and oxygen atoms in total. The van der Waals surface area contributed by atoms with E-state index in [1.165, 1.54) is 0 Å². The highest BCUT2D eigenvalue weighted by molar-refractivity contribution is 5.92. The molecule has 0 radical (unpaired) electrons. The lowest BCUT2D eigenvalue weighted by Gasteiger charge is -2.09. The van der Waals surface area contributed by atoms with Crippen LogP contribution in [0.15, 0.2) is 48.5 Å². The molecule has 0 saturated heterocycles. The normalized spacial score (nSPS) is 9.71. The summed E-state index contributed by atoms with van der Waals surface area (Å²) in [6.45, 7) is 0. The van der Waals surface area contributed by atoms with E-state index in [-0.39, 0.29) is 12.3 Å². The molecular formula is C17H16N2O2. The van der Waals surface area contributed by atoms with Crippen LogP contribution in [0, 0.1) is 11.3 Å². The maximum atomic E-state index is 12.0. The second-order valence-electron chi connectivity index (χ2n) is 4.57. The van der Waals surface area contributed by atoms with E-state index in [9.17, 15) is 4.79 Å². The zero-order valence-electron chi connectivity index (χ0n) is 11.8. The summed E-state index contributed by atoms with van der Waals surface area (Å²) < 4.78 is 5.23. The van der Waals surface area contributed by atoms with Crippen molar-refractivity contribution in [2.75, 3.05) is 12.4 Å². The molecule has 0 bridgehead atoms. The number of benzene rings is 2. The van der Waals surface area contributed by atoms with Gasteiger partial charge >= 0.3 is 0 Å². The van der Waals surface area contributed by atoms with Crippen LogP contribution in [0.3, 0.4) is 0 Å². The van der Waals surface area contributed by atoms with E-state index in [0.717, 1.165) is 16.8 Å². The van der Waals surface area contributed by atoms with Crippen molar-refractivity contribution < 1.29 is 9.53 Å². The number of carbonyl (C=O) groups is 1.